The molecular weight excluding hydrogens is 336 g/mol. The van der Waals surface area contributed by atoms with Crippen molar-refractivity contribution in [2.45, 2.75) is 6.54 Å². The van der Waals surface area contributed by atoms with Crippen molar-refractivity contribution in [2.24, 2.45) is 0 Å². The quantitative estimate of drug-likeness (QED) is 0.767. The number of pyridine rings is 1. The lowest BCUT2D eigenvalue weighted by Gasteiger charge is -2.11. The van der Waals surface area contributed by atoms with Crippen molar-refractivity contribution in [3.05, 3.63) is 70.3 Å². The summed E-state index contributed by atoms with van der Waals surface area (Å²) in [5, 5.41) is 4.31. The lowest BCUT2D eigenvalue weighted by molar-refractivity contribution is 0.0946. The second-order valence-corrected chi connectivity index (χ2v) is 5.42. The van der Waals surface area contributed by atoms with Gasteiger partial charge in [0.1, 0.15) is 11.5 Å². The molecule has 0 aliphatic rings. The highest BCUT2D eigenvalue weighted by Crippen LogP contribution is 2.26. The third-order valence-corrected chi connectivity index (χ3v) is 3.64. The normalized spacial score (nSPS) is 10.4. The molecule has 2 heterocycles. The molecule has 8 heteroatoms. The summed E-state index contributed by atoms with van der Waals surface area (Å²) >= 11 is 1.32. The first kappa shape index (κ1) is 16.0. The molecule has 1 N–H and O–H groups in total. The monoisotopic (exact) mass is 347 g/mol. The van der Waals surface area contributed by atoms with Crippen LogP contribution in [-0.4, -0.2) is 15.9 Å². The fourth-order valence-corrected chi connectivity index (χ4v) is 2.44. The first-order valence-electron chi connectivity index (χ1n) is 6.86. The summed E-state index contributed by atoms with van der Waals surface area (Å²) in [6.45, 7) is 0.127. The Balaban J connectivity index is 1.74. The van der Waals surface area contributed by atoms with Gasteiger partial charge in [-0.2, -0.15) is 0 Å². The first-order valence-corrected chi connectivity index (χ1v) is 7.81. The fraction of sp³-hybridized carbons (Fsp3) is 0.0625. The lowest BCUT2D eigenvalue weighted by Crippen LogP contribution is -2.23. The van der Waals surface area contributed by atoms with Crippen molar-refractivity contribution in [3.8, 4) is 11.6 Å². The summed E-state index contributed by atoms with van der Waals surface area (Å²) < 4.78 is 32.0. The van der Waals surface area contributed by atoms with Crippen molar-refractivity contribution >= 4 is 17.2 Å². The van der Waals surface area contributed by atoms with Crippen LogP contribution in [0.3, 0.4) is 0 Å². The number of thiazole rings is 1. The third kappa shape index (κ3) is 3.72. The van der Waals surface area contributed by atoms with Crippen LogP contribution in [0.5, 0.6) is 11.6 Å². The van der Waals surface area contributed by atoms with E-state index in [0.717, 1.165) is 12.1 Å². The Morgan fingerprint density at radius 2 is 2.12 bits per heavy atom. The van der Waals surface area contributed by atoms with E-state index in [1.54, 1.807) is 23.0 Å². The Hall–Kier alpha value is -2.87. The number of halogens is 2. The highest BCUT2D eigenvalue weighted by molar-refractivity contribution is 7.07. The van der Waals surface area contributed by atoms with Gasteiger partial charge in [0.2, 0.25) is 5.88 Å². The molecule has 0 saturated heterocycles. The average Bonchev–Trinajstić information content (AvgIpc) is 3.11. The number of carbonyl (C=O) groups is 1. The number of hydrogen-bond acceptors (Lipinski definition) is 5. The van der Waals surface area contributed by atoms with E-state index in [4.69, 9.17) is 4.74 Å². The van der Waals surface area contributed by atoms with Crippen molar-refractivity contribution < 1.29 is 18.3 Å². The van der Waals surface area contributed by atoms with Crippen LogP contribution in [0.2, 0.25) is 0 Å². The number of nitrogens with one attached hydrogen (secondary N) is 1. The second-order valence-electron chi connectivity index (χ2n) is 4.70. The largest absolute Gasteiger partial charge is 0.436 e. The molecule has 3 aromatic rings. The Morgan fingerprint density at radius 3 is 2.88 bits per heavy atom. The average molecular weight is 347 g/mol. The van der Waals surface area contributed by atoms with Gasteiger partial charge in [0, 0.05) is 29.8 Å². The van der Waals surface area contributed by atoms with E-state index in [1.807, 2.05) is 0 Å². The smallest absolute Gasteiger partial charge is 0.271 e. The molecule has 24 heavy (non-hydrogen) atoms. The summed E-state index contributed by atoms with van der Waals surface area (Å²) in [4.78, 5) is 19.9. The van der Waals surface area contributed by atoms with Crippen molar-refractivity contribution in [1.29, 1.82) is 0 Å². The standard InChI is InChI=1S/C16H11F2N3O2S/c17-11-3-4-14(12(18)6-11)23-16-10(2-1-5-19-16)7-20-15(22)13-8-24-9-21-13/h1-6,8-9H,7H2,(H,20,22). The highest BCUT2D eigenvalue weighted by atomic mass is 32.1. The van der Waals surface area contributed by atoms with Gasteiger partial charge in [-0.15, -0.1) is 11.3 Å². The summed E-state index contributed by atoms with van der Waals surface area (Å²) in [5.41, 5.74) is 2.42. The molecule has 5 nitrogen and oxygen atoms in total. The zero-order chi connectivity index (χ0) is 16.9. The number of benzene rings is 1. The van der Waals surface area contributed by atoms with E-state index in [1.165, 1.54) is 23.6 Å². The molecular formula is C16H11F2N3O2S. The van der Waals surface area contributed by atoms with E-state index in [-0.39, 0.29) is 24.1 Å². The summed E-state index contributed by atoms with van der Waals surface area (Å²) in [5.74, 6) is -1.89. The van der Waals surface area contributed by atoms with Gasteiger partial charge >= 0.3 is 0 Å². The zero-order valence-corrected chi connectivity index (χ0v) is 13.0. The van der Waals surface area contributed by atoms with Crippen LogP contribution in [0.1, 0.15) is 16.1 Å². The topological polar surface area (TPSA) is 64.1 Å². The summed E-state index contributed by atoms with van der Waals surface area (Å²) in [6.07, 6.45) is 1.47. The fourth-order valence-electron chi connectivity index (χ4n) is 1.90. The molecule has 0 atom stereocenters. The Bertz CT molecular complexity index is 856. The van der Waals surface area contributed by atoms with Gasteiger partial charge in [-0.05, 0) is 18.2 Å². The maximum atomic E-state index is 13.7. The van der Waals surface area contributed by atoms with Crippen LogP contribution in [0.25, 0.3) is 0 Å². The molecule has 1 aromatic carbocycles. The Kier molecular flexibility index (Phi) is 4.76. The van der Waals surface area contributed by atoms with Gasteiger partial charge in [0.05, 0.1) is 5.51 Å². The van der Waals surface area contributed by atoms with E-state index in [0.29, 0.717) is 11.3 Å². The van der Waals surface area contributed by atoms with Gasteiger partial charge in [-0.1, -0.05) is 6.07 Å². The highest BCUT2D eigenvalue weighted by Gasteiger charge is 2.12. The molecule has 0 radical (unpaired) electrons. The van der Waals surface area contributed by atoms with E-state index >= 15 is 0 Å². The van der Waals surface area contributed by atoms with Gasteiger partial charge in [0.25, 0.3) is 5.91 Å². The molecule has 122 valence electrons. The summed E-state index contributed by atoms with van der Waals surface area (Å²) in [7, 11) is 0. The van der Waals surface area contributed by atoms with E-state index < -0.39 is 11.6 Å². The van der Waals surface area contributed by atoms with Crippen LogP contribution >= 0.6 is 11.3 Å². The lowest BCUT2D eigenvalue weighted by atomic mass is 10.2. The van der Waals surface area contributed by atoms with E-state index in [9.17, 15) is 13.6 Å². The maximum Gasteiger partial charge on any atom is 0.271 e. The van der Waals surface area contributed by atoms with Gasteiger partial charge < -0.3 is 10.1 Å². The maximum absolute atomic E-state index is 13.7. The van der Waals surface area contributed by atoms with Crippen LogP contribution < -0.4 is 10.1 Å². The third-order valence-electron chi connectivity index (χ3n) is 3.05. The molecule has 0 unspecified atom stereocenters. The van der Waals surface area contributed by atoms with Gasteiger partial charge in [0.15, 0.2) is 11.6 Å². The summed E-state index contributed by atoms with van der Waals surface area (Å²) in [6, 6.07) is 6.34. The Morgan fingerprint density at radius 1 is 1.25 bits per heavy atom. The molecule has 0 bridgehead atoms. The molecule has 1 amide bonds. The predicted molar refractivity (Wildman–Crippen MR) is 84.0 cm³/mol. The second kappa shape index (κ2) is 7.14. The number of aromatic nitrogens is 2. The number of amides is 1. The minimum absolute atomic E-state index is 0.126. The van der Waals surface area contributed by atoms with Crippen molar-refractivity contribution in [1.82, 2.24) is 15.3 Å². The molecule has 0 spiro atoms. The van der Waals surface area contributed by atoms with Crippen LogP contribution in [-0.2, 0) is 6.54 Å². The van der Waals surface area contributed by atoms with Crippen LogP contribution in [0.4, 0.5) is 8.78 Å². The van der Waals surface area contributed by atoms with Crippen molar-refractivity contribution in [2.75, 3.05) is 0 Å². The molecule has 0 aliphatic carbocycles. The molecule has 0 fully saturated rings. The predicted octanol–water partition coefficient (Wildman–Crippen LogP) is 3.54. The number of nitrogens with zero attached hydrogens (tertiary/aromatic N) is 2. The number of carbonyl (C=O) groups excluding carboxylic acids is 1. The minimum Gasteiger partial charge on any atom is -0.436 e. The molecule has 2 aromatic heterocycles. The number of ether oxygens (including phenoxy) is 1. The molecule has 0 saturated carbocycles. The zero-order valence-electron chi connectivity index (χ0n) is 12.2. The molecule has 0 aliphatic heterocycles. The minimum atomic E-state index is -0.835. The van der Waals surface area contributed by atoms with Gasteiger partial charge in [-0.25, -0.2) is 18.7 Å². The van der Waals surface area contributed by atoms with Crippen LogP contribution in [0.15, 0.2) is 47.4 Å². The van der Waals surface area contributed by atoms with Gasteiger partial charge in [-0.3, -0.25) is 4.79 Å². The first-order chi connectivity index (χ1) is 11.6. The van der Waals surface area contributed by atoms with E-state index in [2.05, 4.69) is 15.3 Å². The Labute approximate surface area is 140 Å². The SMILES string of the molecule is O=C(NCc1cccnc1Oc1ccc(F)cc1F)c1cscn1. The number of rotatable bonds is 5. The molecule has 3 rings (SSSR count). The van der Waals surface area contributed by atoms with Crippen molar-refractivity contribution in [3.63, 3.8) is 0 Å². The number of hydrogen-bond donors (Lipinski definition) is 1. The van der Waals surface area contributed by atoms with Crippen LogP contribution in [0, 0.1) is 11.6 Å².